The van der Waals surface area contributed by atoms with E-state index in [2.05, 4.69) is 15.5 Å². The van der Waals surface area contributed by atoms with Gasteiger partial charge in [-0.25, -0.2) is 9.78 Å². The number of nitrogens with zero attached hydrogens (tertiary/aromatic N) is 3. The standard InChI is InChI=1S/C11H9N5O4S/c12-9-5-21-11(14-9)15-13-4-6-1-2-7(16(19)20)3-8(6)10(17)18/h1-5H,12H2,(H,14,15)(H,17,18). The second-order valence-electron chi connectivity index (χ2n) is 3.78. The van der Waals surface area contributed by atoms with Gasteiger partial charge in [0.15, 0.2) is 0 Å². The number of nitrogens with one attached hydrogen (secondary N) is 1. The molecule has 0 aliphatic rings. The molecule has 0 saturated carbocycles. The van der Waals surface area contributed by atoms with Crippen LogP contribution in [0.1, 0.15) is 15.9 Å². The third-order valence-electron chi connectivity index (χ3n) is 2.36. The van der Waals surface area contributed by atoms with Crippen LogP contribution in [0.4, 0.5) is 16.6 Å². The second-order valence-corrected chi connectivity index (χ2v) is 4.64. The number of nitrogen functional groups attached to an aromatic ring is 1. The van der Waals surface area contributed by atoms with Crippen LogP contribution in [-0.4, -0.2) is 27.2 Å². The van der Waals surface area contributed by atoms with Gasteiger partial charge in [-0.1, -0.05) is 0 Å². The molecule has 0 radical (unpaired) electrons. The summed E-state index contributed by atoms with van der Waals surface area (Å²) < 4.78 is 0. The summed E-state index contributed by atoms with van der Waals surface area (Å²) in [6.07, 6.45) is 1.24. The van der Waals surface area contributed by atoms with E-state index in [1.165, 1.54) is 29.7 Å². The number of hydrogen-bond donors (Lipinski definition) is 3. The Morgan fingerprint density at radius 1 is 1.57 bits per heavy atom. The highest BCUT2D eigenvalue weighted by Gasteiger charge is 2.14. The van der Waals surface area contributed by atoms with Crippen LogP contribution in [0.25, 0.3) is 0 Å². The first kappa shape index (κ1) is 14.4. The summed E-state index contributed by atoms with van der Waals surface area (Å²) in [6.45, 7) is 0. The molecule has 0 amide bonds. The van der Waals surface area contributed by atoms with Crippen molar-refractivity contribution in [3.63, 3.8) is 0 Å². The molecule has 108 valence electrons. The van der Waals surface area contributed by atoms with Crippen LogP contribution < -0.4 is 11.2 Å². The van der Waals surface area contributed by atoms with Crippen molar-refractivity contribution >= 4 is 40.2 Å². The Hall–Kier alpha value is -3.01. The van der Waals surface area contributed by atoms with Crippen molar-refractivity contribution in [1.29, 1.82) is 0 Å². The van der Waals surface area contributed by atoms with Gasteiger partial charge < -0.3 is 10.8 Å². The molecule has 0 spiro atoms. The van der Waals surface area contributed by atoms with Gasteiger partial charge in [0, 0.05) is 23.1 Å². The summed E-state index contributed by atoms with van der Waals surface area (Å²) in [5.41, 5.74) is 7.74. The Bertz CT molecular complexity index is 727. The molecular weight excluding hydrogens is 298 g/mol. The zero-order valence-corrected chi connectivity index (χ0v) is 11.2. The fourth-order valence-electron chi connectivity index (χ4n) is 1.45. The zero-order chi connectivity index (χ0) is 15.4. The van der Waals surface area contributed by atoms with Gasteiger partial charge in [0.05, 0.1) is 16.7 Å². The molecule has 1 aromatic heterocycles. The van der Waals surface area contributed by atoms with Crippen molar-refractivity contribution in [3.8, 4) is 0 Å². The van der Waals surface area contributed by atoms with Crippen LogP contribution >= 0.6 is 11.3 Å². The number of carbonyl (C=O) groups is 1. The number of carboxylic acid groups (broad SMARTS) is 1. The Kier molecular flexibility index (Phi) is 4.09. The van der Waals surface area contributed by atoms with Crippen molar-refractivity contribution in [2.24, 2.45) is 5.10 Å². The van der Waals surface area contributed by atoms with Gasteiger partial charge in [0.25, 0.3) is 5.69 Å². The lowest BCUT2D eigenvalue weighted by atomic mass is 10.1. The van der Waals surface area contributed by atoms with E-state index in [4.69, 9.17) is 10.8 Å². The maximum Gasteiger partial charge on any atom is 0.336 e. The molecule has 0 unspecified atom stereocenters. The molecule has 0 aliphatic heterocycles. The Morgan fingerprint density at radius 2 is 2.33 bits per heavy atom. The minimum atomic E-state index is -1.28. The predicted molar refractivity (Wildman–Crippen MR) is 77.8 cm³/mol. The number of anilines is 2. The molecule has 4 N–H and O–H groups in total. The van der Waals surface area contributed by atoms with Crippen molar-refractivity contribution in [1.82, 2.24) is 4.98 Å². The predicted octanol–water partition coefficient (Wildman–Crippen LogP) is 1.78. The van der Waals surface area contributed by atoms with E-state index in [1.807, 2.05) is 0 Å². The van der Waals surface area contributed by atoms with E-state index in [0.29, 0.717) is 10.9 Å². The third kappa shape index (κ3) is 3.51. The fraction of sp³-hybridized carbons (Fsp3) is 0. The summed E-state index contributed by atoms with van der Waals surface area (Å²) >= 11 is 1.23. The molecule has 0 bridgehead atoms. The molecular formula is C11H9N5O4S. The molecule has 0 atom stereocenters. The highest BCUT2D eigenvalue weighted by Crippen LogP contribution is 2.18. The van der Waals surface area contributed by atoms with E-state index in [1.54, 1.807) is 5.38 Å². The molecule has 1 heterocycles. The number of carboxylic acids is 1. The van der Waals surface area contributed by atoms with Crippen LogP contribution in [0.2, 0.25) is 0 Å². The van der Waals surface area contributed by atoms with Crippen LogP contribution in [0, 0.1) is 10.1 Å². The Morgan fingerprint density at radius 3 is 2.90 bits per heavy atom. The van der Waals surface area contributed by atoms with E-state index in [-0.39, 0.29) is 16.8 Å². The Labute approximate surface area is 121 Å². The molecule has 2 rings (SSSR count). The number of benzene rings is 1. The first-order chi connectivity index (χ1) is 9.97. The number of aromatic nitrogens is 1. The minimum absolute atomic E-state index is 0.214. The van der Waals surface area contributed by atoms with Crippen LogP contribution in [0.5, 0.6) is 0 Å². The second kappa shape index (κ2) is 5.96. The minimum Gasteiger partial charge on any atom is -0.478 e. The summed E-state index contributed by atoms with van der Waals surface area (Å²) in [5.74, 6) is -0.932. The van der Waals surface area contributed by atoms with Gasteiger partial charge in [-0.3, -0.25) is 15.5 Å². The lowest BCUT2D eigenvalue weighted by Crippen LogP contribution is -2.04. The number of nitro benzene ring substituents is 1. The third-order valence-corrected chi connectivity index (χ3v) is 3.13. The average Bonchev–Trinajstić information content (AvgIpc) is 2.84. The number of hydrazone groups is 1. The number of thiazole rings is 1. The van der Waals surface area contributed by atoms with Gasteiger partial charge in [-0.2, -0.15) is 5.10 Å². The van der Waals surface area contributed by atoms with Crippen LogP contribution in [-0.2, 0) is 0 Å². The normalized spacial score (nSPS) is 10.7. The maximum absolute atomic E-state index is 11.1. The monoisotopic (exact) mass is 307 g/mol. The molecule has 0 aliphatic carbocycles. The van der Waals surface area contributed by atoms with E-state index in [9.17, 15) is 14.9 Å². The van der Waals surface area contributed by atoms with Crippen LogP contribution in [0.3, 0.4) is 0 Å². The first-order valence-electron chi connectivity index (χ1n) is 5.49. The first-order valence-corrected chi connectivity index (χ1v) is 6.37. The molecule has 2 aromatic rings. The van der Waals surface area contributed by atoms with E-state index in [0.717, 1.165) is 6.07 Å². The summed E-state index contributed by atoms with van der Waals surface area (Å²) in [6, 6.07) is 3.49. The summed E-state index contributed by atoms with van der Waals surface area (Å²) in [5, 5.41) is 25.6. The molecule has 10 heteroatoms. The number of non-ortho nitro benzene ring substituents is 1. The fourth-order valence-corrected chi connectivity index (χ4v) is 2.00. The quantitative estimate of drug-likeness (QED) is 0.433. The van der Waals surface area contributed by atoms with Crippen molar-refractivity contribution in [2.75, 3.05) is 11.2 Å². The topological polar surface area (TPSA) is 144 Å². The van der Waals surface area contributed by atoms with E-state index >= 15 is 0 Å². The summed E-state index contributed by atoms with van der Waals surface area (Å²) in [7, 11) is 0. The van der Waals surface area contributed by atoms with Crippen molar-refractivity contribution in [2.45, 2.75) is 0 Å². The SMILES string of the molecule is Nc1csc(NN=Cc2ccc([N+](=O)[O-])cc2C(=O)O)n1. The number of hydrogen-bond acceptors (Lipinski definition) is 8. The van der Waals surface area contributed by atoms with Crippen molar-refractivity contribution in [3.05, 3.63) is 44.8 Å². The van der Waals surface area contributed by atoms with Gasteiger partial charge in [-0.15, -0.1) is 11.3 Å². The molecule has 0 saturated heterocycles. The van der Waals surface area contributed by atoms with Gasteiger partial charge >= 0.3 is 5.97 Å². The molecule has 9 nitrogen and oxygen atoms in total. The van der Waals surface area contributed by atoms with Gasteiger partial charge in [-0.05, 0) is 6.07 Å². The van der Waals surface area contributed by atoms with Crippen molar-refractivity contribution < 1.29 is 14.8 Å². The number of nitro groups is 1. The lowest BCUT2D eigenvalue weighted by Gasteiger charge is -2.00. The molecule has 1 aromatic carbocycles. The Balaban J connectivity index is 2.22. The zero-order valence-electron chi connectivity index (χ0n) is 10.4. The van der Waals surface area contributed by atoms with Crippen LogP contribution in [0.15, 0.2) is 28.7 Å². The van der Waals surface area contributed by atoms with Gasteiger partial charge in [0.2, 0.25) is 5.13 Å². The maximum atomic E-state index is 11.1. The molecule has 21 heavy (non-hydrogen) atoms. The summed E-state index contributed by atoms with van der Waals surface area (Å²) in [4.78, 5) is 25.0. The average molecular weight is 307 g/mol. The van der Waals surface area contributed by atoms with E-state index < -0.39 is 10.9 Å². The number of rotatable bonds is 5. The lowest BCUT2D eigenvalue weighted by molar-refractivity contribution is -0.384. The number of aromatic carboxylic acids is 1. The van der Waals surface area contributed by atoms with Gasteiger partial charge in [0.1, 0.15) is 5.82 Å². The molecule has 0 fully saturated rings. The highest BCUT2D eigenvalue weighted by molar-refractivity contribution is 7.14. The highest BCUT2D eigenvalue weighted by atomic mass is 32.1. The smallest absolute Gasteiger partial charge is 0.336 e. The largest absolute Gasteiger partial charge is 0.478 e. The number of nitrogens with two attached hydrogens (primary N) is 1.